The number of rotatable bonds is 5. The van der Waals surface area contributed by atoms with Gasteiger partial charge in [-0.2, -0.15) is 0 Å². The van der Waals surface area contributed by atoms with Crippen molar-refractivity contribution < 1.29 is 23.8 Å². The van der Waals surface area contributed by atoms with Crippen molar-refractivity contribution in [2.45, 2.75) is 43.8 Å². The molecular weight excluding hydrogens is 315 g/mol. The number of imidazole rings is 1. The van der Waals surface area contributed by atoms with Crippen molar-refractivity contribution in [2.24, 2.45) is 0 Å². The van der Waals surface area contributed by atoms with E-state index in [9.17, 15) is 14.3 Å². The van der Waals surface area contributed by atoms with Gasteiger partial charge in [-0.25, -0.2) is 14.2 Å². The van der Waals surface area contributed by atoms with E-state index in [1.807, 2.05) is 6.20 Å². The molecule has 5 rings (SSSR count). The monoisotopic (exact) mass is 334 g/mol. The topological polar surface area (TPSA) is 73.1 Å². The Bertz CT molecular complexity index is 825. The molecule has 2 aromatic heterocycles. The third-order valence-corrected chi connectivity index (χ3v) is 5.00. The lowest BCUT2D eigenvalue weighted by Crippen LogP contribution is -2.45. The fourth-order valence-electron chi connectivity index (χ4n) is 3.93. The van der Waals surface area contributed by atoms with Gasteiger partial charge in [-0.1, -0.05) is 0 Å². The molecular formula is C17H19FN2O4. The van der Waals surface area contributed by atoms with E-state index in [0.717, 1.165) is 18.5 Å². The number of nitrogens with zero attached hydrogens (tertiary/aromatic N) is 2. The van der Waals surface area contributed by atoms with Crippen LogP contribution >= 0.6 is 0 Å². The summed E-state index contributed by atoms with van der Waals surface area (Å²) in [4.78, 5) is 16.1. The highest BCUT2D eigenvalue weighted by molar-refractivity contribution is 5.91. The van der Waals surface area contributed by atoms with Crippen LogP contribution in [0.15, 0.2) is 18.5 Å². The molecule has 3 aliphatic rings. The van der Waals surface area contributed by atoms with Crippen molar-refractivity contribution in [1.82, 2.24) is 9.38 Å². The van der Waals surface area contributed by atoms with E-state index in [1.165, 1.54) is 6.20 Å². The number of aromatic nitrogens is 2. The zero-order valence-electron chi connectivity index (χ0n) is 13.6. The van der Waals surface area contributed by atoms with Crippen LogP contribution in [-0.2, 0) is 10.2 Å². The number of halogens is 1. The molecule has 1 aliphatic carbocycles. The quantitative estimate of drug-likeness (QED) is 0.910. The fraction of sp³-hybridized carbons (Fsp3) is 0.529. The summed E-state index contributed by atoms with van der Waals surface area (Å²) in [5, 5.41) is 9.39. The molecule has 4 heterocycles. The molecule has 2 saturated heterocycles. The molecule has 0 spiro atoms. The summed E-state index contributed by atoms with van der Waals surface area (Å²) >= 11 is 0. The highest BCUT2D eigenvalue weighted by atomic mass is 19.1. The molecule has 0 radical (unpaired) electrons. The van der Waals surface area contributed by atoms with E-state index in [0.29, 0.717) is 12.3 Å². The Morgan fingerprint density at radius 1 is 1.54 bits per heavy atom. The van der Waals surface area contributed by atoms with Crippen LogP contribution in [0.2, 0.25) is 0 Å². The number of ether oxygens (including phenoxy) is 2. The predicted octanol–water partition coefficient (Wildman–Crippen LogP) is 2.59. The molecule has 1 N–H and O–H groups in total. The zero-order valence-corrected chi connectivity index (χ0v) is 13.6. The maximum atomic E-state index is 12.7. The van der Waals surface area contributed by atoms with Crippen LogP contribution in [0.1, 0.15) is 42.7 Å². The number of carbonyl (C=O) groups is 1. The Kier molecular flexibility index (Phi) is 3.16. The Labute approximate surface area is 138 Å². The number of aromatic carboxylic acids is 1. The van der Waals surface area contributed by atoms with E-state index >= 15 is 0 Å². The number of carboxylic acid groups (broad SMARTS) is 1. The van der Waals surface area contributed by atoms with Gasteiger partial charge in [-0.15, -0.1) is 0 Å². The standard InChI is InChI=1S/C17H19FN2O4/c1-10(4-18)24-12-3-14-19-13(6-20(14)5-11(12)15(21)22)17-7-16(2,8-17)23-9-17/h3,5-6,10H,4,7-9H2,1-2H3,(H,21,22). The van der Waals surface area contributed by atoms with Gasteiger partial charge in [0.15, 0.2) is 0 Å². The molecule has 2 bridgehead atoms. The second-order valence-corrected chi connectivity index (χ2v) is 7.20. The minimum atomic E-state index is -1.12. The zero-order chi connectivity index (χ0) is 17.1. The van der Waals surface area contributed by atoms with Crippen molar-refractivity contribution in [3.05, 3.63) is 29.7 Å². The summed E-state index contributed by atoms with van der Waals surface area (Å²) in [6.07, 6.45) is 4.47. The molecule has 24 heavy (non-hydrogen) atoms. The number of pyridine rings is 1. The first-order valence-electron chi connectivity index (χ1n) is 7.97. The van der Waals surface area contributed by atoms with Gasteiger partial charge in [-0.05, 0) is 26.7 Å². The second kappa shape index (κ2) is 4.92. The number of hydrogen-bond donors (Lipinski definition) is 1. The van der Waals surface area contributed by atoms with Gasteiger partial charge < -0.3 is 19.0 Å². The van der Waals surface area contributed by atoms with Gasteiger partial charge in [-0.3, -0.25) is 0 Å². The molecule has 2 aliphatic heterocycles. The van der Waals surface area contributed by atoms with Crippen LogP contribution in [-0.4, -0.2) is 45.4 Å². The summed E-state index contributed by atoms with van der Waals surface area (Å²) < 4.78 is 25.6. The number of alkyl halides is 1. The normalized spacial score (nSPS) is 29.5. The molecule has 1 unspecified atom stereocenters. The maximum absolute atomic E-state index is 12.7. The lowest BCUT2D eigenvalue weighted by molar-refractivity contribution is 0.0154. The molecule has 2 aromatic rings. The van der Waals surface area contributed by atoms with E-state index in [4.69, 9.17) is 9.47 Å². The van der Waals surface area contributed by atoms with Crippen molar-refractivity contribution in [1.29, 1.82) is 0 Å². The van der Waals surface area contributed by atoms with Gasteiger partial charge >= 0.3 is 5.97 Å². The average Bonchev–Trinajstić information content (AvgIpc) is 3.16. The van der Waals surface area contributed by atoms with Gasteiger partial charge in [0.1, 0.15) is 29.7 Å². The van der Waals surface area contributed by atoms with Gasteiger partial charge in [0.2, 0.25) is 0 Å². The molecule has 1 atom stereocenters. The highest BCUT2D eigenvalue weighted by Crippen LogP contribution is 2.58. The Morgan fingerprint density at radius 2 is 2.29 bits per heavy atom. The van der Waals surface area contributed by atoms with Crippen molar-refractivity contribution in [2.75, 3.05) is 13.3 Å². The fourth-order valence-corrected chi connectivity index (χ4v) is 3.93. The first kappa shape index (κ1) is 15.4. The first-order valence-corrected chi connectivity index (χ1v) is 7.97. The van der Waals surface area contributed by atoms with Crippen molar-refractivity contribution in [3.8, 4) is 5.75 Å². The van der Waals surface area contributed by atoms with Crippen LogP contribution in [0, 0.1) is 0 Å². The van der Waals surface area contributed by atoms with Gasteiger partial charge in [0.25, 0.3) is 0 Å². The van der Waals surface area contributed by atoms with E-state index in [1.54, 1.807) is 17.4 Å². The van der Waals surface area contributed by atoms with Crippen LogP contribution in [0.5, 0.6) is 5.75 Å². The van der Waals surface area contributed by atoms with Crippen LogP contribution in [0.25, 0.3) is 5.65 Å². The third-order valence-electron chi connectivity index (χ3n) is 5.00. The van der Waals surface area contributed by atoms with Crippen molar-refractivity contribution >= 4 is 11.6 Å². The summed E-state index contributed by atoms with van der Waals surface area (Å²) in [6, 6.07) is 1.56. The third kappa shape index (κ3) is 2.18. The first-order chi connectivity index (χ1) is 11.3. The van der Waals surface area contributed by atoms with E-state index in [-0.39, 0.29) is 22.3 Å². The Hall–Kier alpha value is -2.15. The molecule has 0 amide bonds. The number of fused-ring (bicyclic) bond motifs is 2. The summed E-state index contributed by atoms with van der Waals surface area (Å²) in [5.41, 5.74) is 1.37. The summed E-state index contributed by atoms with van der Waals surface area (Å²) in [5.74, 6) is -0.984. The molecule has 3 fully saturated rings. The lowest BCUT2D eigenvalue weighted by atomic mass is 9.62. The van der Waals surface area contributed by atoms with Gasteiger partial charge in [0.05, 0.1) is 17.9 Å². The van der Waals surface area contributed by atoms with Crippen LogP contribution < -0.4 is 4.74 Å². The molecule has 1 saturated carbocycles. The molecule has 128 valence electrons. The molecule has 6 nitrogen and oxygen atoms in total. The largest absolute Gasteiger partial charge is 0.487 e. The lowest BCUT2D eigenvalue weighted by Gasteiger charge is -2.41. The van der Waals surface area contributed by atoms with Gasteiger partial charge in [0, 0.05) is 23.9 Å². The molecule has 0 aromatic carbocycles. The second-order valence-electron chi connectivity index (χ2n) is 7.20. The maximum Gasteiger partial charge on any atom is 0.341 e. The number of hydrogen-bond acceptors (Lipinski definition) is 4. The van der Waals surface area contributed by atoms with E-state index in [2.05, 4.69) is 11.9 Å². The van der Waals surface area contributed by atoms with Crippen molar-refractivity contribution in [3.63, 3.8) is 0 Å². The smallest absolute Gasteiger partial charge is 0.341 e. The van der Waals surface area contributed by atoms with Crippen LogP contribution in [0.3, 0.4) is 0 Å². The van der Waals surface area contributed by atoms with Crippen LogP contribution in [0.4, 0.5) is 4.39 Å². The summed E-state index contributed by atoms with van der Waals surface area (Å²) in [7, 11) is 0. The predicted molar refractivity (Wildman–Crippen MR) is 83.5 cm³/mol. The minimum Gasteiger partial charge on any atom is -0.487 e. The Balaban J connectivity index is 1.75. The average molecular weight is 334 g/mol. The number of carboxylic acids is 1. The Morgan fingerprint density at radius 3 is 2.88 bits per heavy atom. The summed E-state index contributed by atoms with van der Waals surface area (Å²) in [6.45, 7) is 3.60. The highest BCUT2D eigenvalue weighted by Gasteiger charge is 2.61. The van der Waals surface area contributed by atoms with E-state index < -0.39 is 18.7 Å². The minimum absolute atomic E-state index is 0.00892. The SMILES string of the molecule is CC(CF)Oc1cc2nc(C34COC(C)(C3)C4)cn2cc1C(=O)O. The molecule has 7 heteroatoms.